The van der Waals surface area contributed by atoms with Gasteiger partial charge in [-0.05, 0) is 49.2 Å². The number of aromatic nitrogens is 1. The molecule has 1 aliphatic rings. The van der Waals surface area contributed by atoms with Crippen LogP contribution in [0, 0.1) is 5.82 Å². The standard InChI is InChI=1S/C20H16Cl3FN2O2S2/c21-15-3-2-14(10-16(15)22)30(27,28)13-5-7-26(8-6-13)20-25-19(11-29-20)12-1-4-18(24)17(23)9-12/h1-4,9-11,13H,5-8H2. The molecule has 1 aliphatic heterocycles. The molecule has 1 aromatic heterocycles. The lowest BCUT2D eigenvalue weighted by Gasteiger charge is -2.31. The predicted molar refractivity (Wildman–Crippen MR) is 121 cm³/mol. The van der Waals surface area contributed by atoms with Crippen molar-refractivity contribution in [2.24, 2.45) is 0 Å². The van der Waals surface area contributed by atoms with Crippen molar-refractivity contribution < 1.29 is 12.8 Å². The van der Waals surface area contributed by atoms with E-state index in [0.717, 1.165) is 10.7 Å². The number of nitrogens with zero attached hydrogens (tertiary/aromatic N) is 2. The fraction of sp³-hybridized carbons (Fsp3) is 0.250. The zero-order valence-corrected chi connectivity index (χ0v) is 19.4. The van der Waals surface area contributed by atoms with Crippen LogP contribution < -0.4 is 4.90 Å². The molecule has 0 aliphatic carbocycles. The maximum atomic E-state index is 13.4. The first kappa shape index (κ1) is 21.8. The molecule has 1 fully saturated rings. The van der Waals surface area contributed by atoms with Crippen LogP contribution in [0.1, 0.15) is 12.8 Å². The molecule has 2 heterocycles. The fourth-order valence-electron chi connectivity index (χ4n) is 3.40. The topological polar surface area (TPSA) is 50.3 Å². The summed E-state index contributed by atoms with van der Waals surface area (Å²) in [5.41, 5.74) is 1.45. The van der Waals surface area contributed by atoms with Crippen LogP contribution in [0.4, 0.5) is 9.52 Å². The Labute approximate surface area is 193 Å². The number of piperidine rings is 1. The molecule has 30 heavy (non-hydrogen) atoms. The first-order chi connectivity index (χ1) is 14.3. The lowest BCUT2D eigenvalue weighted by atomic mass is 10.1. The molecule has 4 rings (SSSR count). The van der Waals surface area contributed by atoms with Crippen molar-refractivity contribution >= 4 is 61.1 Å². The summed E-state index contributed by atoms with van der Waals surface area (Å²) in [6.07, 6.45) is 0.972. The van der Waals surface area contributed by atoms with Gasteiger partial charge in [0.25, 0.3) is 0 Å². The van der Waals surface area contributed by atoms with E-state index in [1.54, 1.807) is 12.1 Å². The summed E-state index contributed by atoms with van der Waals surface area (Å²) in [5.74, 6) is -0.471. The fourth-order valence-corrected chi connectivity index (χ4v) is 6.59. The van der Waals surface area contributed by atoms with E-state index in [2.05, 4.69) is 9.88 Å². The van der Waals surface area contributed by atoms with E-state index in [1.165, 1.54) is 35.6 Å². The van der Waals surface area contributed by atoms with Gasteiger partial charge in [0.05, 0.1) is 30.9 Å². The van der Waals surface area contributed by atoms with Crippen molar-refractivity contribution in [2.45, 2.75) is 23.0 Å². The third-order valence-electron chi connectivity index (χ3n) is 5.08. The van der Waals surface area contributed by atoms with E-state index in [0.29, 0.717) is 36.6 Å². The molecule has 10 heteroatoms. The Morgan fingerprint density at radius 3 is 2.40 bits per heavy atom. The lowest BCUT2D eigenvalue weighted by molar-refractivity contribution is 0.529. The van der Waals surface area contributed by atoms with E-state index in [9.17, 15) is 12.8 Å². The normalized spacial score (nSPS) is 15.5. The summed E-state index contributed by atoms with van der Waals surface area (Å²) in [7, 11) is -3.49. The number of hydrogen-bond acceptors (Lipinski definition) is 5. The summed E-state index contributed by atoms with van der Waals surface area (Å²) in [6, 6.07) is 8.91. The van der Waals surface area contributed by atoms with Gasteiger partial charge < -0.3 is 4.90 Å². The quantitative estimate of drug-likeness (QED) is 0.414. The zero-order chi connectivity index (χ0) is 21.5. The Morgan fingerprint density at radius 1 is 1.00 bits per heavy atom. The van der Waals surface area contributed by atoms with Crippen molar-refractivity contribution in [1.82, 2.24) is 4.98 Å². The lowest BCUT2D eigenvalue weighted by Crippen LogP contribution is -2.39. The van der Waals surface area contributed by atoms with E-state index in [4.69, 9.17) is 34.8 Å². The highest BCUT2D eigenvalue weighted by Gasteiger charge is 2.32. The second-order valence-corrected chi connectivity index (χ2v) is 11.2. The van der Waals surface area contributed by atoms with Crippen LogP contribution >= 0.6 is 46.1 Å². The highest BCUT2D eigenvalue weighted by Crippen LogP contribution is 2.34. The highest BCUT2D eigenvalue weighted by molar-refractivity contribution is 7.92. The number of halogens is 4. The number of rotatable bonds is 4. The molecular weight excluding hydrogens is 490 g/mol. The minimum absolute atomic E-state index is 0.0513. The predicted octanol–water partition coefficient (Wildman–Crippen LogP) is 6.35. The molecule has 0 amide bonds. The van der Waals surface area contributed by atoms with Gasteiger partial charge >= 0.3 is 0 Å². The average Bonchev–Trinajstić information content (AvgIpc) is 3.22. The third kappa shape index (κ3) is 4.32. The SMILES string of the molecule is O=S(=O)(c1ccc(Cl)c(Cl)c1)C1CCN(c2nc(-c3ccc(F)c(Cl)c3)cs2)CC1. The zero-order valence-electron chi connectivity index (χ0n) is 15.5. The maximum absolute atomic E-state index is 13.4. The summed E-state index contributed by atoms with van der Waals surface area (Å²) in [5, 5.41) is 2.81. The summed E-state index contributed by atoms with van der Waals surface area (Å²) >= 11 is 19.2. The Bertz CT molecular complexity index is 1190. The number of hydrogen-bond donors (Lipinski definition) is 0. The van der Waals surface area contributed by atoms with Crippen LogP contribution in [-0.4, -0.2) is 31.7 Å². The molecule has 3 aromatic rings. The molecule has 1 saturated heterocycles. The number of anilines is 1. The minimum atomic E-state index is -3.49. The first-order valence-electron chi connectivity index (χ1n) is 9.10. The summed E-state index contributed by atoms with van der Waals surface area (Å²) in [4.78, 5) is 6.89. The maximum Gasteiger partial charge on any atom is 0.185 e. The molecule has 0 atom stereocenters. The van der Waals surface area contributed by atoms with Gasteiger partial charge in [0.15, 0.2) is 15.0 Å². The first-order valence-corrected chi connectivity index (χ1v) is 12.7. The molecule has 0 N–H and O–H groups in total. The van der Waals surface area contributed by atoms with Crippen LogP contribution in [0.2, 0.25) is 15.1 Å². The third-order valence-corrected chi connectivity index (χ3v) is 9.27. The van der Waals surface area contributed by atoms with Crippen LogP contribution in [0.25, 0.3) is 11.3 Å². The van der Waals surface area contributed by atoms with Gasteiger partial charge in [0.1, 0.15) is 5.82 Å². The molecule has 158 valence electrons. The molecule has 0 spiro atoms. The molecule has 0 saturated carbocycles. The van der Waals surface area contributed by atoms with Gasteiger partial charge in [-0.25, -0.2) is 17.8 Å². The highest BCUT2D eigenvalue weighted by atomic mass is 35.5. The van der Waals surface area contributed by atoms with E-state index < -0.39 is 20.9 Å². The van der Waals surface area contributed by atoms with Crippen molar-refractivity contribution in [3.63, 3.8) is 0 Å². The number of thiazole rings is 1. The smallest absolute Gasteiger partial charge is 0.185 e. The Morgan fingerprint density at radius 2 is 1.73 bits per heavy atom. The second kappa shape index (κ2) is 8.63. The van der Waals surface area contributed by atoms with Gasteiger partial charge in [-0.3, -0.25) is 0 Å². The van der Waals surface area contributed by atoms with Crippen molar-refractivity contribution in [1.29, 1.82) is 0 Å². The van der Waals surface area contributed by atoms with E-state index in [1.807, 2.05) is 5.38 Å². The van der Waals surface area contributed by atoms with Crippen molar-refractivity contribution in [3.8, 4) is 11.3 Å². The molecule has 2 aromatic carbocycles. The molecule has 0 radical (unpaired) electrons. The second-order valence-electron chi connectivity index (χ2n) is 6.95. The van der Waals surface area contributed by atoms with Crippen LogP contribution in [-0.2, 0) is 9.84 Å². The minimum Gasteiger partial charge on any atom is -0.348 e. The van der Waals surface area contributed by atoms with Crippen molar-refractivity contribution in [3.05, 3.63) is 62.7 Å². The largest absolute Gasteiger partial charge is 0.348 e. The van der Waals surface area contributed by atoms with Gasteiger partial charge in [-0.15, -0.1) is 11.3 Å². The van der Waals surface area contributed by atoms with Gasteiger partial charge in [-0.2, -0.15) is 0 Å². The Kier molecular flexibility index (Phi) is 6.28. The number of benzene rings is 2. The van der Waals surface area contributed by atoms with E-state index >= 15 is 0 Å². The molecule has 0 bridgehead atoms. The average molecular weight is 506 g/mol. The van der Waals surface area contributed by atoms with Crippen LogP contribution in [0.15, 0.2) is 46.7 Å². The van der Waals surface area contributed by atoms with E-state index in [-0.39, 0.29) is 14.9 Å². The summed E-state index contributed by atoms with van der Waals surface area (Å²) in [6.45, 7) is 1.14. The van der Waals surface area contributed by atoms with Gasteiger partial charge in [0.2, 0.25) is 0 Å². The molecule has 0 unspecified atom stereocenters. The Balaban J connectivity index is 1.46. The Hall–Kier alpha value is -1.38. The number of sulfone groups is 1. The van der Waals surface area contributed by atoms with Crippen LogP contribution in [0.3, 0.4) is 0 Å². The van der Waals surface area contributed by atoms with Crippen molar-refractivity contribution in [2.75, 3.05) is 18.0 Å². The molecular formula is C20H16Cl3FN2O2S2. The monoisotopic (exact) mass is 504 g/mol. The van der Waals surface area contributed by atoms with Gasteiger partial charge in [-0.1, -0.05) is 34.8 Å². The summed E-state index contributed by atoms with van der Waals surface area (Å²) < 4.78 is 39.3. The van der Waals surface area contributed by atoms with Gasteiger partial charge in [0, 0.05) is 24.0 Å². The molecule has 4 nitrogen and oxygen atoms in total. The van der Waals surface area contributed by atoms with Crippen LogP contribution in [0.5, 0.6) is 0 Å².